The molecular weight excluding hydrogens is 405 g/mol. The lowest BCUT2D eigenvalue weighted by atomic mass is 9.87. The van der Waals surface area contributed by atoms with E-state index in [0.717, 1.165) is 60.2 Å². The Hall–Kier alpha value is -2.01. The number of H-pyrrole nitrogens is 1. The Bertz CT molecular complexity index is 1060. The third-order valence-corrected chi connectivity index (χ3v) is 6.73. The molecular formula is C23H23Cl2N3O. The summed E-state index contributed by atoms with van der Waals surface area (Å²) in [5.41, 5.74) is 6.11. The zero-order chi connectivity index (χ0) is 20.0. The number of hydrogen-bond donors (Lipinski definition) is 1. The standard InChI is InChI=1S/C23H23Cl2N3O/c1-29-18-6-7-19(20(25)12-18)23-26-21-8-9-28(13-22(21)27-23)17-5-3-14-2-4-16(24)10-15(14)11-17/h2,4,6-7,10,12,17H,3,5,8-9,11,13H2,1H3,(H,26,27). The van der Waals surface area contributed by atoms with Crippen LogP contribution in [0.5, 0.6) is 5.75 Å². The lowest BCUT2D eigenvalue weighted by Gasteiger charge is -2.37. The molecule has 1 unspecified atom stereocenters. The fourth-order valence-corrected chi connectivity index (χ4v) is 5.04. The highest BCUT2D eigenvalue weighted by molar-refractivity contribution is 6.33. The Morgan fingerprint density at radius 2 is 2.00 bits per heavy atom. The number of fused-ring (bicyclic) bond motifs is 2. The maximum atomic E-state index is 6.46. The summed E-state index contributed by atoms with van der Waals surface area (Å²) in [7, 11) is 1.64. The van der Waals surface area contributed by atoms with E-state index in [2.05, 4.69) is 22.0 Å². The number of nitrogens with one attached hydrogen (secondary N) is 1. The molecule has 0 spiro atoms. The van der Waals surface area contributed by atoms with Gasteiger partial charge in [-0.3, -0.25) is 4.90 Å². The van der Waals surface area contributed by atoms with Crippen LogP contribution in [0, 0.1) is 0 Å². The van der Waals surface area contributed by atoms with Gasteiger partial charge in [-0.1, -0.05) is 29.3 Å². The van der Waals surface area contributed by atoms with Crippen LogP contribution in [0.2, 0.25) is 10.0 Å². The van der Waals surface area contributed by atoms with Crippen molar-refractivity contribution in [1.82, 2.24) is 14.9 Å². The minimum Gasteiger partial charge on any atom is -0.497 e. The van der Waals surface area contributed by atoms with E-state index in [0.29, 0.717) is 11.1 Å². The maximum absolute atomic E-state index is 6.46. The number of imidazole rings is 1. The topological polar surface area (TPSA) is 41.1 Å². The summed E-state index contributed by atoms with van der Waals surface area (Å²) in [6.45, 7) is 1.94. The highest BCUT2D eigenvalue weighted by Gasteiger charge is 2.29. The van der Waals surface area contributed by atoms with Crippen molar-refractivity contribution < 1.29 is 4.74 Å². The molecule has 0 radical (unpaired) electrons. The van der Waals surface area contributed by atoms with E-state index in [1.807, 2.05) is 24.3 Å². The summed E-state index contributed by atoms with van der Waals surface area (Å²) in [4.78, 5) is 11.0. The van der Waals surface area contributed by atoms with E-state index in [4.69, 9.17) is 32.9 Å². The molecule has 2 heterocycles. The summed E-state index contributed by atoms with van der Waals surface area (Å²) in [6, 6.07) is 12.6. The largest absolute Gasteiger partial charge is 0.497 e. The fraction of sp³-hybridized carbons (Fsp3) is 0.348. The second-order valence-corrected chi connectivity index (χ2v) is 8.73. The predicted octanol–water partition coefficient (Wildman–Crippen LogP) is 5.31. The lowest BCUT2D eigenvalue weighted by molar-refractivity contribution is 0.160. The first-order chi connectivity index (χ1) is 14.1. The number of aryl methyl sites for hydroxylation is 1. The third kappa shape index (κ3) is 3.65. The van der Waals surface area contributed by atoms with Crippen LogP contribution in [0.4, 0.5) is 0 Å². The summed E-state index contributed by atoms with van der Waals surface area (Å²) in [6.07, 6.45) is 4.33. The smallest absolute Gasteiger partial charge is 0.139 e. The quantitative estimate of drug-likeness (QED) is 0.615. The van der Waals surface area contributed by atoms with Crippen molar-refractivity contribution in [3.05, 3.63) is 69.0 Å². The Balaban J connectivity index is 1.36. The number of ether oxygens (including phenoxy) is 1. The number of nitrogens with zero attached hydrogens (tertiary/aromatic N) is 2. The predicted molar refractivity (Wildman–Crippen MR) is 117 cm³/mol. The van der Waals surface area contributed by atoms with Crippen LogP contribution in [0.15, 0.2) is 36.4 Å². The molecule has 0 bridgehead atoms. The molecule has 1 atom stereocenters. The third-order valence-electron chi connectivity index (χ3n) is 6.18. The second kappa shape index (κ2) is 7.67. The minimum atomic E-state index is 0.547. The van der Waals surface area contributed by atoms with Crippen LogP contribution in [-0.2, 0) is 25.8 Å². The van der Waals surface area contributed by atoms with Gasteiger partial charge >= 0.3 is 0 Å². The first-order valence-corrected chi connectivity index (χ1v) is 10.8. The van der Waals surface area contributed by atoms with Crippen molar-refractivity contribution in [3.63, 3.8) is 0 Å². The summed E-state index contributed by atoms with van der Waals surface area (Å²) >= 11 is 12.7. The molecule has 5 rings (SSSR count). The van der Waals surface area contributed by atoms with Gasteiger partial charge in [0.15, 0.2) is 0 Å². The molecule has 1 aromatic heterocycles. The molecule has 29 heavy (non-hydrogen) atoms. The number of hydrogen-bond acceptors (Lipinski definition) is 3. The maximum Gasteiger partial charge on any atom is 0.139 e. The normalized spacial score (nSPS) is 18.9. The van der Waals surface area contributed by atoms with Gasteiger partial charge in [-0.15, -0.1) is 0 Å². The molecule has 2 aliphatic rings. The summed E-state index contributed by atoms with van der Waals surface area (Å²) in [5, 5.41) is 1.48. The fourth-order valence-electron chi connectivity index (χ4n) is 4.59. The van der Waals surface area contributed by atoms with Gasteiger partial charge in [0.1, 0.15) is 11.6 Å². The van der Waals surface area contributed by atoms with Crippen molar-refractivity contribution >= 4 is 23.2 Å². The monoisotopic (exact) mass is 427 g/mol. The van der Waals surface area contributed by atoms with Gasteiger partial charge in [-0.25, -0.2) is 4.98 Å². The van der Waals surface area contributed by atoms with Gasteiger partial charge in [0, 0.05) is 36.1 Å². The van der Waals surface area contributed by atoms with Crippen molar-refractivity contribution in [2.75, 3.05) is 13.7 Å². The van der Waals surface area contributed by atoms with Crippen LogP contribution in [0.25, 0.3) is 11.4 Å². The number of methoxy groups -OCH3 is 1. The Kier molecular flexibility index (Phi) is 5.02. The Morgan fingerprint density at radius 1 is 1.10 bits per heavy atom. The summed E-state index contributed by atoms with van der Waals surface area (Å²) in [5.74, 6) is 1.59. The number of rotatable bonds is 3. The van der Waals surface area contributed by atoms with Crippen LogP contribution in [-0.4, -0.2) is 34.6 Å². The zero-order valence-corrected chi connectivity index (χ0v) is 17.9. The number of halogens is 2. The van der Waals surface area contributed by atoms with Crippen molar-refractivity contribution in [1.29, 1.82) is 0 Å². The van der Waals surface area contributed by atoms with Crippen LogP contribution in [0.1, 0.15) is 28.9 Å². The molecule has 150 valence electrons. The number of aromatic nitrogens is 2. The SMILES string of the molecule is COc1ccc(-c2nc3c([nH]2)CN(C2CCc4ccc(Cl)cc4C2)CC3)c(Cl)c1. The van der Waals surface area contributed by atoms with Crippen molar-refractivity contribution in [2.24, 2.45) is 0 Å². The van der Waals surface area contributed by atoms with E-state index < -0.39 is 0 Å². The van der Waals surface area contributed by atoms with E-state index in [9.17, 15) is 0 Å². The average molecular weight is 428 g/mol. The van der Waals surface area contributed by atoms with Crippen LogP contribution in [0.3, 0.4) is 0 Å². The molecule has 1 aliphatic heterocycles. The average Bonchev–Trinajstić information content (AvgIpc) is 3.16. The van der Waals surface area contributed by atoms with E-state index >= 15 is 0 Å². The Labute approximate surface area is 180 Å². The van der Waals surface area contributed by atoms with Gasteiger partial charge in [0.05, 0.1) is 23.5 Å². The van der Waals surface area contributed by atoms with Gasteiger partial charge in [0.2, 0.25) is 0 Å². The molecule has 0 saturated carbocycles. The van der Waals surface area contributed by atoms with E-state index in [1.54, 1.807) is 7.11 Å². The highest BCUT2D eigenvalue weighted by Crippen LogP contribution is 2.33. The first kappa shape index (κ1) is 19.0. The summed E-state index contributed by atoms with van der Waals surface area (Å²) < 4.78 is 5.25. The Morgan fingerprint density at radius 3 is 2.83 bits per heavy atom. The second-order valence-electron chi connectivity index (χ2n) is 7.89. The molecule has 2 aromatic carbocycles. The highest BCUT2D eigenvalue weighted by atomic mass is 35.5. The number of aromatic amines is 1. The molecule has 1 aliphatic carbocycles. The molecule has 6 heteroatoms. The van der Waals surface area contributed by atoms with E-state index in [-0.39, 0.29) is 0 Å². The molecule has 1 N–H and O–H groups in total. The molecule has 4 nitrogen and oxygen atoms in total. The molecule has 3 aromatic rings. The van der Waals surface area contributed by atoms with Crippen LogP contribution >= 0.6 is 23.2 Å². The van der Waals surface area contributed by atoms with Crippen molar-refractivity contribution in [3.8, 4) is 17.1 Å². The van der Waals surface area contributed by atoms with Crippen LogP contribution < -0.4 is 4.74 Å². The molecule has 0 fully saturated rings. The molecule has 0 amide bonds. The zero-order valence-electron chi connectivity index (χ0n) is 16.3. The lowest BCUT2D eigenvalue weighted by Crippen LogP contribution is -2.42. The van der Waals surface area contributed by atoms with Gasteiger partial charge in [-0.05, 0) is 60.7 Å². The van der Waals surface area contributed by atoms with Crippen molar-refractivity contribution in [2.45, 2.75) is 38.3 Å². The minimum absolute atomic E-state index is 0.547. The van der Waals surface area contributed by atoms with Gasteiger partial charge in [0.25, 0.3) is 0 Å². The molecule has 0 saturated heterocycles. The van der Waals surface area contributed by atoms with E-state index in [1.165, 1.54) is 23.2 Å². The van der Waals surface area contributed by atoms with Gasteiger partial charge in [-0.2, -0.15) is 0 Å². The van der Waals surface area contributed by atoms with Gasteiger partial charge < -0.3 is 9.72 Å². The first-order valence-electron chi connectivity index (χ1n) is 10.0. The number of benzene rings is 2.